The second kappa shape index (κ2) is 7.28. The summed E-state index contributed by atoms with van der Waals surface area (Å²) < 4.78 is 23.5. The van der Waals surface area contributed by atoms with E-state index in [1.165, 1.54) is 11.3 Å². The van der Waals surface area contributed by atoms with E-state index in [0.29, 0.717) is 57.0 Å². The number of nitrogens with zero attached hydrogens (tertiary/aromatic N) is 2. The average molecular weight is 400 g/mol. The lowest BCUT2D eigenvalue weighted by molar-refractivity contribution is -0.136. The van der Waals surface area contributed by atoms with Gasteiger partial charge in [0, 0.05) is 37.3 Å². The van der Waals surface area contributed by atoms with Gasteiger partial charge in [-0.3, -0.25) is 9.59 Å². The SMILES string of the molecule is Cc1ccc(C(=O)N2CCN(C(=O)C3(S(C)(=O)=O)CCNCC3)CC2)s1. The lowest BCUT2D eigenvalue weighted by atomic mass is 9.95. The normalized spacial score (nSPS) is 20.8. The van der Waals surface area contributed by atoms with Gasteiger partial charge in [-0.2, -0.15) is 0 Å². The van der Waals surface area contributed by atoms with Gasteiger partial charge in [0.05, 0.1) is 4.88 Å². The van der Waals surface area contributed by atoms with Gasteiger partial charge < -0.3 is 15.1 Å². The van der Waals surface area contributed by atoms with Crippen molar-refractivity contribution in [1.29, 1.82) is 0 Å². The van der Waals surface area contributed by atoms with Crippen LogP contribution in [0.2, 0.25) is 0 Å². The molecule has 0 radical (unpaired) electrons. The summed E-state index contributed by atoms with van der Waals surface area (Å²) in [5.74, 6) is -0.324. The Hall–Kier alpha value is -1.45. The maximum Gasteiger partial charge on any atom is 0.264 e. The molecular formula is C17H25N3O4S2. The molecule has 0 spiro atoms. The number of hydrogen-bond donors (Lipinski definition) is 1. The Labute approximate surface area is 158 Å². The Bertz CT molecular complexity index is 789. The second-order valence-electron chi connectivity index (χ2n) is 7.01. The largest absolute Gasteiger partial charge is 0.338 e. The molecule has 2 aliphatic rings. The quantitative estimate of drug-likeness (QED) is 0.800. The third-order valence-electron chi connectivity index (χ3n) is 5.32. The lowest BCUT2D eigenvalue weighted by Crippen LogP contribution is -2.61. The molecule has 0 saturated carbocycles. The number of sulfone groups is 1. The lowest BCUT2D eigenvalue weighted by Gasteiger charge is -2.41. The molecule has 9 heteroatoms. The molecule has 0 unspecified atom stereocenters. The summed E-state index contributed by atoms with van der Waals surface area (Å²) in [6, 6.07) is 3.75. The number of aryl methyl sites for hydroxylation is 1. The van der Waals surface area contributed by atoms with Crippen LogP contribution in [-0.2, 0) is 14.6 Å². The topological polar surface area (TPSA) is 86.8 Å². The Balaban J connectivity index is 1.69. The molecule has 1 aromatic rings. The highest BCUT2D eigenvalue weighted by atomic mass is 32.2. The third kappa shape index (κ3) is 3.52. The summed E-state index contributed by atoms with van der Waals surface area (Å²) in [7, 11) is -3.52. The van der Waals surface area contributed by atoms with Crippen molar-refractivity contribution in [1.82, 2.24) is 15.1 Å². The fourth-order valence-corrected chi connectivity index (χ4v) is 5.91. The highest BCUT2D eigenvalue weighted by Gasteiger charge is 2.50. The van der Waals surface area contributed by atoms with E-state index in [4.69, 9.17) is 0 Å². The third-order valence-corrected chi connectivity index (χ3v) is 8.31. The van der Waals surface area contributed by atoms with Gasteiger partial charge in [-0.15, -0.1) is 11.3 Å². The number of rotatable bonds is 3. The number of piperazine rings is 1. The molecule has 144 valence electrons. The van der Waals surface area contributed by atoms with Gasteiger partial charge in [-0.25, -0.2) is 8.42 Å². The predicted molar refractivity (Wildman–Crippen MR) is 101 cm³/mol. The maximum absolute atomic E-state index is 13.1. The van der Waals surface area contributed by atoms with Crippen LogP contribution in [0.15, 0.2) is 12.1 Å². The van der Waals surface area contributed by atoms with Crippen molar-refractivity contribution >= 4 is 33.0 Å². The molecule has 2 amide bonds. The molecule has 0 aromatic carbocycles. The Morgan fingerprint density at radius 1 is 1.08 bits per heavy atom. The minimum atomic E-state index is -3.52. The summed E-state index contributed by atoms with van der Waals surface area (Å²) >= 11 is 1.46. The van der Waals surface area contributed by atoms with E-state index in [2.05, 4.69) is 5.32 Å². The summed E-state index contributed by atoms with van der Waals surface area (Å²) in [5, 5.41) is 3.12. The van der Waals surface area contributed by atoms with Crippen LogP contribution in [-0.4, -0.2) is 80.3 Å². The molecule has 3 rings (SSSR count). The van der Waals surface area contributed by atoms with Crippen molar-refractivity contribution < 1.29 is 18.0 Å². The van der Waals surface area contributed by atoms with E-state index in [-0.39, 0.29) is 11.8 Å². The van der Waals surface area contributed by atoms with E-state index in [1.807, 2.05) is 19.1 Å². The van der Waals surface area contributed by atoms with Crippen LogP contribution in [0.5, 0.6) is 0 Å². The van der Waals surface area contributed by atoms with Crippen molar-refractivity contribution in [2.75, 3.05) is 45.5 Å². The first kappa shape index (κ1) is 19.3. The van der Waals surface area contributed by atoms with Gasteiger partial charge in [0.15, 0.2) is 14.6 Å². The molecule has 0 bridgehead atoms. The minimum Gasteiger partial charge on any atom is -0.338 e. The van der Waals surface area contributed by atoms with Crippen LogP contribution < -0.4 is 5.32 Å². The van der Waals surface area contributed by atoms with E-state index < -0.39 is 14.6 Å². The molecule has 2 fully saturated rings. The van der Waals surface area contributed by atoms with Gasteiger partial charge in [-0.05, 0) is 45.0 Å². The van der Waals surface area contributed by atoms with Gasteiger partial charge in [-0.1, -0.05) is 0 Å². The van der Waals surface area contributed by atoms with Gasteiger partial charge >= 0.3 is 0 Å². The molecule has 3 heterocycles. The highest BCUT2D eigenvalue weighted by molar-refractivity contribution is 7.92. The number of nitrogens with one attached hydrogen (secondary N) is 1. The maximum atomic E-state index is 13.1. The summed E-state index contributed by atoms with van der Waals surface area (Å²) in [5.41, 5.74) is 0. The van der Waals surface area contributed by atoms with Crippen molar-refractivity contribution in [2.45, 2.75) is 24.5 Å². The number of piperidine rings is 1. The van der Waals surface area contributed by atoms with E-state index in [9.17, 15) is 18.0 Å². The van der Waals surface area contributed by atoms with E-state index in [1.54, 1.807) is 9.80 Å². The van der Waals surface area contributed by atoms with Crippen molar-refractivity contribution in [3.05, 3.63) is 21.9 Å². The van der Waals surface area contributed by atoms with Gasteiger partial charge in [0.25, 0.3) is 5.91 Å². The smallest absolute Gasteiger partial charge is 0.264 e. The van der Waals surface area contributed by atoms with Gasteiger partial charge in [0.1, 0.15) is 0 Å². The van der Waals surface area contributed by atoms with Crippen LogP contribution in [0, 0.1) is 6.92 Å². The number of carbonyl (C=O) groups is 2. The zero-order chi connectivity index (χ0) is 18.9. The fraction of sp³-hybridized carbons (Fsp3) is 0.647. The molecule has 2 saturated heterocycles. The van der Waals surface area contributed by atoms with E-state index >= 15 is 0 Å². The molecule has 7 nitrogen and oxygen atoms in total. The van der Waals surface area contributed by atoms with Crippen molar-refractivity contribution in [3.63, 3.8) is 0 Å². The fourth-order valence-electron chi connectivity index (χ4n) is 3.68. The molecule has 0 atom stereocenters. The van der Waals surface area contributed by atoms with Crippen LogP contribution in [0.4, 0.5) is 0 Å². The van der Waals surface area contributed by atoms with Gasteiger partial charge in [0.2, 0.25) is 5.91 Å². The number of hydrogen-bond acceptors (Lipinski definition) is 6. The number of amides is 2. The summed E-state index contributed by atoms with van der Waals surface area (Å²) in [6.07, 6.45) is 1.77. The highest BCUT2D eigenvalue weighted by Crippen LogP contribution is 2.30. The van der Waals surface area contributed by atoms with Crippen molar-refractivity contribution in [2.24, 2.45) is 0 Å². The Morgan fingerprint density at radius 3 is 2.15 bits per heavy atom. The van der Waals surface area contributed by atoms with Crippen molar-refractivity contribution in [3.8, 4) is 0 Å². The molecule has 2 aliphatic heterocycles. The standard InChI is InChI=1S/C17H25N3O4S2/c1-13-3-4-14(25-13)15(21)19-9-11-20(12-10-19)16(22)17(26(2,23)24)5-7-18-8-6-17/h3-4,18H,5-12H2,1-2H3. The first-order chi connectivity index (χ1) is 12.2. The second-order valence-corrected chi connectivity index (χ2v) is 10.6. The molecular weight excluding hydrogens is 374 g/mol. The summed E-state index contributed by atoms with van der Waals surface area (Å²) in [4.78, 5) is 30.8. The first-order valence-electron chi connectivity index (χ1n) is 8.80. The first-order valence-corrected chi connectivity index (χ1v) is 11.5. The van der Waals surface area contributed by atoms with Crippen LogP contribution in [0.1, 0.15) is 27.4 Å². The van der Waals surface area contributed by atoms with E-state index in [0.717, 1.165) is 11.1 Å². The van der Waals surface area contributed by atoms with Crippen LogP contribution in [0.3, 0.4) is 0 Å². The molecule has 0 aliphatic carbocycles. The summed E-state index contributed by atoms with van der Waals surface area (Å²) in [6.45, 7) is 4.62. The Morgan fingerprint density at radius 2 is 1.65 bits per heavy atom. The average Bonchev–Trinajstić information content (AvgIpc) is 3.06. The molecule has 1 aromatic heterocycles. The minimum absolute atomic E-state index is 0.0186. The Kier molecular flexibility index (Phi) is 5.41. The zero-order valence-corrected chi connectivity index (χ0v) is 16.8. The van der Waals surface area contributed by atoms with Crippen LogP contribution >= 0.6 is 11.3 Å². The zero-order valence-electron chi connectivity index (χ0n) is 15.2. The monoisotopic (exact) mass is 399 g/mol. The number of thiophene rings is 1. The predicted octanol–water partition coefficient (Wildman–Crippen LogP) is 0.508. The molecule has 26 heavy (non-hydrogen) atoms. The van der Waals surface area contributed by atoms with Crippen LogP contribution in [0.25, 0.3) is 0 Å². The molecule has 1 N–H and O–H groups in total. The number of carbonyl (C=O) groups excluding carboxylic acids is 2.